The first kappa shape index (κ1) is 50.8. The Kier molecular flexibility index (Phi) is 34.8. The van der Waals surface area contributed by atoms with Gasteiger partial charge >= 0.3 is 0 Å². The number of hydrogen-bond donors (Lipinski definition) is 2. The van der Waals surface area contributed by atoms with Crippen molar-refractivity contribution in [1.29, 1.82) is 0 Å². The molecule has 2 atom stereocenters. The van der Waals surface area contributed by atoms with E-state index in [1.807, 2.05) is 53.0 Å². The van der Waals surface area contributed by atoms with E-state index in [4.69, 9.17) is 0 Å². The van der Waals surface area contributed by atoms with Gasteiger partial charge in [0.05, 0.1) is 0 Å². The van der Waals surface area contributed by atoms with Crippen molar-refractivity contribution in [2.24, 2.45) is 5.92 Å². The van der Waals surface area contributed by atoms with Gasteiger partial charge in [-0.3, -0.25) is 9.88 Å². The number of benzene rings is 1. The van der Waals surface area contributed by atoms with E-state index in [0.29, 0.717) is 18.0 Å². The fraction of sp³-hybridized carbons (Fsp3) is 0.500. The summed E-state index contributed by atoms with van der Waals surface area (Å²) >= 11 is 3.53. The molecule has 2 aromatic rings. The van der Waals surface area contributed by atoms with Crippen molar-refractivity contribution in [2.45, 2.75) is 94.7 Å². The molecule has 0 spiro atoms. The van der Waals surface area contributed by atoms with Crippen LogP contribution in [-0.2, 0) is 27.5 Å². The topological polar surface area (TPSA) is 31.4 Å². The average molecular weight is 822 g/mol. The second kappa shape index (κ2) is 31.5. The van der Waals surface area contributed by atoms with Gasteiger partial charge in [-0.05, 0) is 76.6 Å². The summed E-state index contributed by atoms with van der Waals surface area (Å²) in [5.41, 5.74) is 7.13. The molecule has 2 heterocycles. The first-order chi connectivity index (χ1) is 21.2. The van der Waals surface area contributed by atoms with Crippen molar-refractivity contribution in [1.82, 2.24) is 15.2 Å². The molecule has 6 heteroatoms. The SMILES string of the molecule is C=C(N[C@H](CN1CCN(c2cccc(C)c2)C(C)C1)C(C)C)c1ccc(C/C(C)=C/C)nc1.C=C/C=C\C.CC.CC.CS.[CH3-].[W]. The van der Waals surface area contributed by atoms with Crippen LogP contribution in [0, 0.1) is 20.3 Å². The van der Waals surface area contributed by atoms with Crippen LogP contribution in [0.2, 0.25) is 0 Å². The Morgan fingerprint density at radius 1 is 1.09 bits per heavy atom. The normalized spacial score (nSPS) is 14.6. The van der Waals surface area contributed by atoms with Gasteiger partial charge in [0, 0.05) is 94.6 Å². The molecule has 4 nitrogen and oxygen atoms in total. The van der Waals surface area contributed by atoms with Crippen LogP contribution in [-0.4, -0.2) is 54.4 Å². The van der Waals surface area contributed by atoms with E-state index < -0.39 is 0 Å². The zero-order chi connectivity index (χ0) is 34.1. The molecule has 0 aliphatic carbocycles. The van der Waals surface area contributed by atoms with Gasteiger partial charge in [0.25, 0.3) is 0 Å². The molecular weight excluding hydrogens is 752 g/mol. The fourth-order valence-corrected chi connectivity index (χ4v) is 4.63. The molecule has 0 bridgehead atoms. The minimum absolute atomic E-state index is 0. The summed E-state index contributed by atoms with van der Waals surface area (Å²) in [6, 6.07) is 14.0. The van der Waals surface area contributed by atoms with Crippen molar-refractivity contribution in [2.75, 3.05) is 37.3 Å². The summed E-state index contributed by atoms with van der Waals surface area (Å²) in [6.45, 7) is 35.3. The van der Waals surface area contributed by atoms with Gasteiger partial charge in [0.2, 0.25) is 0 Å². The number of aromatic nitrogens is 1. The maximum Gasteiger partial charge on any atom is 0.0444 e. The summed E-state index contributed by atoms with van der Waals surface area (Å²) in [5, 5.41) is 3.72. The van der Waals surface area contributed by atoms with E-state index in [9.17, 15) is 0 Å². The van der Waals surface area contributed by atoms with E-state index in [2.05, 4.69) is 130 Å². The van der Waals surface area contributed by atoms with E-state index in [-0.39, 0.29) is 28.5 Å². The van der Waals surface area contributed by atoms with Crippen molar-refractivity contribution in [3.8, 4) is 0 Å². The molecule has 262 valence electrons. The Morgan fingerprint density at radius 3 is 2.15 bits per heavy atom. The minimum atomic E-state index is 0. The number of anilines is 1. The van der Waals surface area contributed by atoms with Crippen LogP contribution < -0.4 is 10.2 Å². The average Bonchev–Trinajstić information content (AvgIpc) is 3.04. The monoisotopic (exact) mass is 821 g/mol. The number of hydrogen-bond acceptors (Lipinski definition) is 5. The van der Waals surface area contributed by atoms with Crippen LogP contribution in [0.15, 0.2) is 85.6 Å². The summed E-state index contributed by atoms with van der Waals surface area (Å²) in [6.07, 6.45) is 12.3. The molecule has 1 unspecified atom stereocenters. The van der Waals surface area contributed by atoms with Gasteiger partial charge in [-0.25, -0.2) is 0 Å². The van der Waals surface area contributed by atoms with Gasteiger partial charge in [-0.1, -0.05) is 96.7 Å². The maximum atomic E-state index is 4.65. The second-order valence-corrected chi connectivity index (χ2v) is 10.7. The maximum absolute atomic E-state index is 4.65. The number of piperazine rings is 1. The van der Waals surface area contributed by atoms with Crippen molar-refractivity contribution in [3.63, 3.8) is 0 Å². The molecule has 1 aromatic heterocycles. The number of pyridine rings is 1. The standard InChI is InChI=1S/C29H42N4.C5H8.2C2H6.CH4S.CH3.W/c1-8-22(4)16-27-13-12-26(18-30-27)25(7)31-29(21(2)3)20-32-14-15-33(24(6)19-32)28-11-9-10-23(5)17-28;1-3-5-4-2;3*1-2;;/h8-13,17-18,21,24,29,31H,7,14-16,19-20H2,1-6H3;3-5H,1H2,2H3;2*1-2H3;2H,1H3;1H3;/q;;;;;-1;/b22-8+;5-4-;;;;;/t24?,29-;;;;;;/m1....../s1. The first-order valence-corrected chi connectivity index (χ1v) is 17.3. The third kappa shape index (κ3) is 20.2. The quantitative estimate of drug-likeness (QED) is 0.108. The molecule has 1 aliphatic heterocycles. The first-order valence-electron chi connectivity index (χ1n) is 16.4. The molecule has 3 rings (SSSR count). The fourth-order valence-electron chi connectivity index (χ4n) is 4.63. The van der Waals surface area contributed by atoms with Crippen LogP contribution in [0.25, 0.3) is 5.70 Å². The summed E-state index contributed by atoms with van der Waals surface area (Å²) in [7, 11) is 0. The van der Waals surface area contributed by atoms with Gasteiger partial charge in [0.15, 0.2) is 0 Å². The third-order valence-corrected chi connectivity index (χ3v) is 7.12. The predicted octanol–water partition coefficient (Wildman–Crippen LogP) is 10.5. The van der Waals surface area contributed by atoms with Crippen LogP contribution in [0.4, 0.5) is 5.69 Å². The zero-order valence-corrected chi connectivity index (χ0v) is 35.6. The van der Waals surface area contributed by atoms with Gasteiger partial charge in [-0.15, -0.1) is 0 Å². The summed E-state index contributed by atoms with van der Waals surface area (Å²) < 4.78 is 0. The molecule has 46 heavy (non-hydrogen) atoms. The number of nitrogens with one attached hydrogen (secondary N) is 1. The number of rotatable bonds is 10. The van der Waals surface area contributed by atoms with Crippen LogP contribution in [0.5, 0.6) is 0 Å². The predicted molar refractivity (Wildman–Crippen MR) is 212 cm³/mol. The molecule has 1 aromatic carbocycles. The molecule has 0 amide bonds. The van der Waals surface area contributed by atoms with Crippen LogP contribution in [0.1, 0.15) is 86.1 Å². The summed E-state index contributed by atoms with van der Waals surface area (Å²) in [4.78, 5) is 9.80. The van der Waals surface area contributed by atoms with E-state index in [1.165, 1.54) is 16.8 Å². The largest absolute Gasteiger partial charge is 0.381 e. The van der Waals surface area contributed by atoms with Crippen molar-refractivity contribution < 1.29 is 21.1 Å². The smallest absolute Gasteiger partial charge is 0.0444 e. The Labute approximate surface area is 306 Å². The number of aryl methyl sites for hydroxylation is 1. The number of nitrogens with zero attached hydrogens (tertiary/aromatic N) is 3. The Balaban J connectivity index is -0.000000600. The Morgan fingerprint density at radius 2 is 1.72 bits per heavy atom. The Hall–Kier alpha value is -2.07. The van der Waals surface area contributed by atoms with E-state index >= 15 is 0 Å². The van der Waals surface area contributed by atoms with Gasteiger partial charge < -0.3 is 17.6 Å². The molecular formula is C40H69N4SW-. The molecule has 1 N–H and O–H groups in total. The molecule has 1 aliphatic rings. The van der Waals surface area contributed by atoms with Crippen LogP contribution in [0.3, 0.4) is 0 Å². The van der Waals surface area contributed by atoms with Gasteiger partial charge in [0.1, 0.15) is 0 Å². The molecule has 0 radical (unpaired) electrons. The summed E-state index contributed by atoms with van der Waals surface area (Å²) in [5.74, 6) is 0.511. The molecule has 1 saturated heterocycles. The number of thiol groups is 1. The number of allylic oxidation sites excluding steroid dienone is 5. The van der Waals surface area contributed by atoms with Crippen molar-refractivity contribution >= 4 is 24.0 Å². The van der Waals surface area contributed by atoms with E-state index in [1.54, 1.807) is 12.3 Å². The molecule has 1 fully saturated rings. The van der Waals surface area contributed by atoms with Crippen LogP contribution >= 0.6 is 12.6 Å². The van der Waals surface area contributed by atoms with E-state index in [0.717, 1.165) is 49.6 Å². The third-order valence-electron chi connectivity index (χ3n) is 7.12. The Bertz CT molecular complexity index is 1080. The van der Waals surface area contributed by atoms with Crippen molar-refractivity contribution in [3.05, 3.63) is 110 Å². The zero-order valence-electron chi connectivity index (χ0n) is 31.7. The second-order valence-electron chi connectivity index (χ2n) is 10.7. The minimum Gasteiger partial charge on any atom is -0.381 e. The molecule has 0 saturated carbocycles. The van der Waals surface area contributed by atoms with Gasteiger partial charge in [-0.2, -0.15) is 12.6 Å².